The van der Waals surface area contributed by atoms with Crippen LogP contribution in [-0.2, 0) is 0 Å². The van der Waals surface area contributed by atoms with Crippen LogP contribution in [0.5, 0.6) is 11.5 Å². The summed E-state index contributed by atoms with van der Waals surface area (Å²) in [6.07, 6.45) is 1.37. The number of benzene rings is 1. The molecule has 0 saturated carbocycles. The lowest BCUT2D eigenvalue weighted by Gasteiger charge is -2.18. The molecule has 0 radical (unpaired) electrons. The summed E-state index contributed by atoms with van der Waals surface area (Å²) >= 11 is 1.40. The van der Waals surface area contributed by atoms with Gasteiger partial charge >= 0.3 is 5.97 Å². The van der Waals surface area contributed by atoms with E-state index in [1.807, 2.05) is 23.6 Å². The molecule has 0 spiro atoms. The fraction of sp³-hybridized carbons (Fsp3) is 0.143. The number of rotatable bonds is 2. The van der Waals surface area contributed by atoms with Crippen LogP contribution in [0.1, 0.15) is 10.5 Å². The van der Waals surface area contributed by atoms with Crippen molar-refractivity contribution in [1.29, 1.82) is 0 Å². The van der Waals surface area contributed by atoms with Crippen LogP contribution in [0.15, 0.2) is 29.8 Å². The van der Waals surface area contributed by atoms with Crippen LogP contribution in [0.4, 0.5) is 0 Å². The van der Waals surface area contributed by atoms with Gasteiger partial charge in [0, 0.05) is 10.9 Å². The topological polar surface area (TPSA) is 73.1 Å². The number of fused-ring (bicyclic) bond motifs is 2. The van der Waals surface area contributed by atoms with Crippen molar-refractivity contribution in [2.45, 2.75) is 0 Å². The Balaban J connectivity index is 1.90. The molecule has 0 bridgehead atoms. The van der Waals surface area contributed by atoms with E-state index in [-0.39, 0.29) is 5.69 Å². The number of imidazole rings is 1. The number of aromatic nitrogens is 2. The average molecular weight is 302 g/mol. The molecule has 6 nitrogen and oxygen atoms in total. The van der Waals surface area contributed by atoms with Crippen molar-refractivity contribution in [1.82, 2.24) is 9.38 Å². The maximum Gasteiger partial charge on any atom is 0.354 e. The maximum absolute atomic E-state index is 11.3. The standard InChI is InChI=1S/C14H10N2O4S/c17-13(18)9-6-15-14-16(9)10(7-21-14)8-1-2-11-12(5-8)20-4-3-19-11/h1-2,5-7H,3-4H2,(H,17,18). The predicted octanol–water partition coefficient (Wildman–Crippen LogP) is 2.53. The molecule has 0 fully saturated rings. The van der Waals surface area contributed by atoms with Gasteiger partial charge in [-0.3, -0.25) is 4.40 Å². The molecule has 2 aromatic heterocycles. The van der Waals surface area contributed by atoms with E-state index in [2.05, 4.69) is 4.98 Å². The van der Waals surface area contributed by atoms with Gasteiger partial charge in [0.15, 0.2) is 22.2 Å². The van der Waals surface area contributed by atoms with E-state index in [0.717, 1.165) is 11.3 Å². The highest BCUT2D eigenvalue weighted by atomic mass is 32.1. The van der Waals surface area contributed by atoms with E-state index >= 15 is 0 Å². The zero-order valence-electron chi connectivity index (χ0n) is 10.8. The van der Waals surface area contributed by atoms with Gasteiger partial charge in [0.1, 0.15) is 13.2 Å². The van der Waals surface area contributed by atoms with Gasteiger partial charge in [-0.15, -0.1) is 11.3 Å². The highest BCUT2D eigenvalue weighted by Gasteiger charge is 2.18. The van der Waals surface area contributed by atoms with Crippen molar-refractivity contribution < 1.29 is 19.4 Å². The predicted molar refractivity (Wildman–Crippen MR) is 76.5 cm³/mol. The van der Waals surface area contributed by atoms with Crippen LogP contribution < -0.4 is 9.47 Å². The molecule has 1 aliphatic rings. The fourth-order valence-electron chi connectivity index (χ4n) is 2.36. The quantitative estimate of drug-likeness (QED) is 0.787. The van der Waals surface area contributed by atoms with Gasteiger partial charge in [0.05, 0.1) is 11.9 Å². The first-order valence-electron chi connectivity index (χ1n) is 6.32. The molecule has 1 aliphatic heterocycles. The van der Waals surface area contributed by atoms with E-state index in [4.69, 9.17) is 9.47 Å². The Morgan fingerprint density at radius 1 is 1.29 bits per heavy atom. The third-order valence-electron chi connectivity index (χ3n) is 3.30. The second kappa shape index (κ2) is 4.49. The highest BCUT2D eigenvalue weighted by Crippen LogP contribution is 2.36. The lowest BCUT2D eigenvalue weighted by Crippen LogP contribution is -2.15. The van der Waals surface area contributed by atoms with Crippen LogP contribution in [0, 0.1) is 0 Å². The first kappa shape index (κ1) is 12.2. The van der Waals surface area contributed by atoms with Crippen molar-refractivity contribution >= 4 is 22.3 Å². The molecule has 1 N–H and O–H groups in total. The summed E-state index contributed by atoms with van der Waals surface area (Å²) < 4.78 is 12.7. The number of carboxylic acids is 1. The average Bonchev–Trinajstić information content (AvgIpc) is 3.08. The summed E-state index contributed by atoms with van der Waals surface area (Å²) in [6, 6.07) is 5.59. The Morgan fingerprint density at radius 2 is 2.10 bits per heavy atom. The van der Waals surface area contributed by atoms with E-state index in [1.54, 1.807) is 4.40 Å². The first-order chi connectivity index (χ1) is 10.2. The van der Waals surface area contributed by atoms with Crippen LogP contribution >= 0.6 is 11.3 Å². The molecule has 0 aliphatic carbocycles. The number of nitrogens with zero attached hydrogens (tertiary/aromatic N) is 2. The smallest absolute Gasteiger partial charge is 0.354 e. The largest absolute Gasteiger partial charge is 0.486 e. The molecule has 1 aromatic carbocycles. The zero-order chi connectivity index (χ0) is 14.4. The van der Waals surface area contributed by atoms with E-state index in [9.17, 15) is 9.90 Å². The van der Waals surface area contributed by atoms with E-state index in [1.165, 1.54) is 17.5 Å². The molecular formula is C14H10N2O4S. The molecule has 0 atom stereocenters. The lowest BCUT2D eigenvalue weighted by molar-refractivity contribution is 0.0689. The van der Waals surface area contributed by atoms with Crippen LogP contribution in [-0.4, -0.2) is 33.7 Å². The van der Waals surface area contributed by atoms with E-state index in [0.29, 0.717) is 29.7 Å². The summed E-state index contributed by atoms with van der Waals surface area (Å²) in [5.41, 5.74) is 1.80. The number of aromatic carboxylic acids is 1. The van der Waals surface area contributed by atoms with Gasteiger partial charge < -0.3 is 14.6 Å². The molecule has 0 amide bonds. The number of ether oxygens (including phenoxy) is 2. The number of carbonyl (C=O) groups is 1. The van der Waals surface area contributed by atoms with Gasteiger partial charge in [0.25, 0.3) is 0 Å². The Morgan fingerprint density at radius 3 is 2.90 bits per heavy atom. The summed E-state index contributed by atoms with van der Waals surface area (Å²) in [5.74, 6) is 0.385. The molecular weight excluding hydrogens is 292 g/mol. The maximum atomic E-state index is 11.3. The monoisotopic (exact) mass is 302 g/mol. The third kappa shape index (κ3) is 1.85. The second-order valence-corrected chi connectivity index (χ2v) is 5.38. The summed E-state index contributed by atoms with van der Waals surface area (Å²) in [7, 11) is 0. The van der Waals surface area contributed by atoms with Crippen molar-refractivity contribution in [2.24, 2.45) is 0 Å². The van der Waals surface area contributed by atoms with Crippen LogP contribution in [0.25, 0.3) is 16.2 Å². The fourth-order valence-corrected chi connectivity index (χ4v) is 3.24. The Kier molecular flexibility index (Phi) is 2.61. The van der Waals surface area contributed by atoms with E-state index < -0.39 is 5.97 Å². The SMILES string of the molecule is O=C(O)c1cnc2scc(-c3ccc4c(c3)OCCO4)n12. The Hall–Kier alpha value is -2.54. The highest BCUT2D eigenvalue weighted by molar-refractivity contribution is 7.15. The molecule has 4 rings (SSSR count). The minimum absolute atomic E-state index is 0.149. The van der Waals surface area contributed by atoms with Crippen molar-refractivity contribution in [2.75, 3.05) is 13.2 Å². The normalized spacial score (nSPS) is 13.5. The molecule has 21 heavy (non-hydrogen) atoms. The van der Waals surface area contributed by atoms with Gasteiger partial charge in [-0.05, 0) is 18.2 Å². The van der Waals surface area contributed by atoms with Gasteiger partial charge in [0.2, 0.25) is 0 Å². The van der Waals surface area contributed by atoms with Gasteiger partial charge in [-0.25, -0.2) is 9.78 Å². The molecule has 3 heterocycles. The number of hydrogen-bond acceptors (Lipinski definition) is 5. The molecule has 0 unspecified atom stereocenters. The number of carboxylic acid groups (broad SMARTS) is 1. The first-order valence-corrected chi connectivity index (χ1v) is 7.20. The molecule has 3 aromatic rings. The number of thiazole rings is 1. The third-order valence-corrected chi connectivity index (χ3v) is 4.14. The van der Waals surface area contributed by atoms with Crippen LogP contribution in [0.3, 0.4) is 0 Å². The van der Waals surface area contributed by atoms with Crippen molar-refractivity contribution in [3.05, 3.63) is 35.5 Å². The summed E-state index contributed by atoms with van der Waals surface area (Å²) in [6.45, 7) is 1.06. The van der Waals surface area contributed by atoms with Crippen molar-refractivity contribution in [3.8, 4) is 22.8 Å². The lowest BCUT2D eigenvalue weighted by atomic mass is 10.1. The Labute approximate surface area is 123 Å². The van der Waals surface area contributed by atoms with Crippen molar-refractivity contribution in [3.63, 3.8) is 0 Å². The minimum atomic E-state index is -1.00. The van der Waals surface area contributed by atoms with Crippen LogP contribution in [0.2, 0.25) is 0 Å². The van der Waals surface area contributed by atoms with Gasteiger partial charge in [-0.2, -0.15) is 0 Å². The summed E-state index contributed by atoms with van der Waals surface area (Å²) in [4.78, 5) is 16.1. The zero-order valence-corrected chi connectivity index (χ0v) is 11.6. The minimum Gasteiger partial charge on any atom is -0.486 e. The van der Waals surface area contributed by atoms with Gasteiger partial charge in [-0.1, -0.05) is 0 Å². The number of hydrogen-bond donors (Lipinski definition) is 1. The molecule has 106 valence electrons. The second-order valence-electron chi connectivity index (χ2n) is 4.55. The molecule has 0 saturated heterocycles. The Bertz CT molecular complexity index is 852. The summed E-state index contributed by atoms with van der Waals surface area (Å²) in [5, 5.41) is 11.1. The molecule has 7 heteroatoms.